The third-order valence-electron chi connectivity index (χ3n) is 4.22. The molecule has 0 atom stereocenters. The number of hydrogen-bond acceptors (Lipinski definition) is 4. The molecular weight excluding hydrogens is 276 g/mol. The van der Waals surface area contributed by atoms with Crippen molar-refractivity contribution in [3.63, 3.8) is 0 Å². The minimum atomic E-state index is -0.0604. The first-order chi connectivity index (χ1) is 10.7. The highest BCUT2D eigenvalue weighted by molar-refractivity contribution is 5.69. The molecule has 0 aliphatic carbocycles. The monoisotopic (exact) mass is 304 g/mol. The summed E-state index contributed by atoms with van der Waals surface area (Å²) in [6, 6.07) is 8.53. The number of piperazine rings is 1. The van der Waals surface area contributed by atoms with Gasteiger partial charge in [-0.1, -0.05) is 31.5 Å². The highest BCUT2D eigenvalue weighted by atomic mass is 16.5. The fourth-order valence-corrected chi connectivity index (χ4v) is 2.78. The van der Waals surface area contributed by atoms with Crippen LogP contribution in [-0.4, -0.2) is 50.2 Å². The molecule has 0 bridgehead atoms. The highest BCUT2D eigenvalue weighted by Gasteiger charge is 2.18. The largest absolute Gasteiger partial charge is 0.466 e. The molecule has 0 N–H and O–H groups in total. The summed E-state index contributed by atoms with van der Waals surface area (Å²) in [7, 11) is 0. The number of para-hydroxylation sites is 1. The Bertz CT molecular complexity index is 468. The van der Waals surface area contributed by atoms with E-state index < -0.39 is 0 Å². The standard InChI is InChI=1S/C18H28N2O2/c1-3-4-15-22-18(21)9-10-19-11-13-20(14-12-19)17-8-6-5-7-16(17)2/h5-8H,3-4,9-15H2,1-2H3. The summed E-state index contributed by atoms with van der Waals surface area (Å²) in [5.41, 5.74) is 2.66. The van der Waals surface area contributed by atoms with Gasteiger partial charge < -0.3 is 9.64 Å². The van der Waals surface area contributed by atoms with Gasteiger partial charge >= 0.3 is 5.97 Å². The molecular formula is C18H28N2O2. The van der Waals surface area contributed by atoms with E-state index in [0.717, 1.165) is 45.6 Å². The van der Waals surface area contributed by atoms with Gasteiger partial charge in [-0.3, -0.25) is 9.69 Å². The van der Waals surface area contributed by atoms with Crippen LogP contribution in [0.25, 0.3) is 0 Å². The van der Waals surface area contributed by atoms with Gasteiger partial charge in [0.2, 0.25) is 0 Å². The molecule has 1 heterocycles. The quantitative estimate of drug-likeness (QED) is 0.573. The third-order valence-corrected chi connectivity index (χ3v) is 4.22. The molecule has 22 heavy (non-hydrogen) atoms. The van der Waals surface area contributed by atoms with Crippen LogP contribution < -0.4 is 4.90 Å². The summed E-state index contributed by atoms with van der Waals surface area (Å²) in [5.74, 6) is -0.0604. The first kappa shape index (κ1) is 16.8. The van der Waals surface area contributed by atoms with E-state index in [1.165, 1.54) is 11.3 Å². The predicted molar refractivity (Wildman–Crippen MR) is 90.3 cm³/mol. The van der Waals surface area contributed by atoms with Gasteiger partial charge in [-0.05, 0) is 25.0 Å². The van der Waals surface area contributed by atoms with Gasteiger partial charge in [-0.15, -0.1) is 0 Å². The fourth-order valence-electron chi connectivity index (χ4n) is 2.78. The summed E-state index contributed by atoms with van der Waals surface area (Å²) in [6.07, 6.45) is 2.53. The second-order valence-corrected chi connectivity index (χ2v) is 5.94. The van der Waals surface area contributed by atoms with E-state index in [9.17, 15) is 4.79 Å². The van der Waals surface area contributed by atoms with Gasteiger partial charge in [0.25, 0.3) is 0 Å². The van der Waals surface area contributed by atoms with Crippen LogP contribution in [0.15, 0.2) is 24.3 Å². The van der Waals surface area contributed by atoms with Gasteiger partial charge in [0.1, 0.15) is 0 Å². The van der Waals surface area contributed by atoms with Crippen LogP contribution in [-0.2, 0) is 9.53 Å². The number of rotatable bonds is 7. The van der Waals surface area contributed by atoms with E-state index in [-0.39, 0.29) is 5.97 Å². The highest BCUT2D eigenvalue weighted by Crippen LogP contribution is 2.20. The van der Waals surface area contributed by atoms with Gasteiger partial charge in [-0.2, -0.15) is 0 Å². The van der Waals surface area contributed by atoms with Crippen molar-refractivity contribution in [2.24, 2.45) is 0 Å². The maximum atomic E-state index is 11.6. The van der Waals surface area contributed by atoms with Crippen molar-refractivity contribution in [1.82, 2.24) is 4.90 Å². The molecule has 0 saturated carbocycles. The number of ether oxygens (including phenoxy) is 1. The molecule has 0 radical (unpaired) electrons. The van der Waals surface area contributed by atoms with Crippen molar-refractivity contribution in [2.45, 2.75) is 33.1 Å². The first-order valence-corrected chi connectivity index (χ1v) is 8.39. The number of carbonyl (C=O) groups excluding carboxylic acids is 1. The second-order valence-electron chi connectivity index (χ2n) is 5.94. The van der Waals surface area contributed by atoms with Crippen molar-refractivity contribution in [3.8, 4) is 0 Å². The Morgan fingerprint density at radius 2 is 1.91 bits per heavy atom. The average molecular weight is 304 g/mol. The van der Waals surface area contributed by atoms with Crippen molar-refractivity contribution in [1.29, 1.82) is 0 Å². The predicted octanol–water partition coefficient (Wildman–Crippen LogP) is 2.85. The molecule has 1 aromatic carbocycles. The lowest BCUT2D eigenvalue weighted by atomic mass is 10.1. The average Bonchev–Trinajstić information content (AvgIpc) is 2.54. The lowest BCUT2D eigenvalue weighted by molar-refractivity contribution is -0.144. The molecule has 0 unspecified atom stereocenters. The molecule has 1 aromatic rings. The van der Waals surface area contributed by atoms with Crippen LogP contribution in [0.1, 0.15) is 31.7 Å². The zero-order valence-electron chi connectivity index (χ0n) is 13.9. The number of nitrogens with zero attached hydrogens (tertiary/aromatic N) is 2. The molecule has 1 aliphatic heterocycles. The zero-order valence-corrected chi connectivity index (χ0v) is 13.9. The van der Waals surface area contributed by atoms with E-state index >= 15 is 0 Å². The van der Waals surface area contributed by atoms with Crippen LogP contribution in [0.2, 0.25) is 0 Å². The summed E-state index contributed by atoms with van der Waals surface area (Å²) in [5, 5.41) is 0. The molecule has 0 spiro atoms. The topological polar surface area (TPSA) is 32.8 Å². The molecule has 4 heteroatoms. The Morgan fingerprint density at radius 1 is 1.18 bits per heavy atom. The molecule has 2 rings (SSSR count). The first-order valence-electron chi connectivity index (χ1n) is 8.39. The normalized spacial score (nSPS) is 15.8. The maximum Gasteiger partial charge on any atom is 0.307 e. The van der Waals surface area contributed by atoms with Crippen LogP contribution >= 0.6 is 0 Å². The SMILES string of the molecule is CCCCOC(=O)CCN1CCN(c2ccccc2C)CC1. The Labute approximate surface area is 134 Å². The number of anilines is 1. The van der Waals surface area contributed by atoms with E-state index in [1.807, 2.05) is 0 Å². The van der Waals surface area contributed by atoms with Crippen molar-refractivity contribution >= 4 is 11.7 Å². The molecule has 0 amide bonds. The van der Waals surface area contributed by atoms with Gasteiger partial charge in [0, 0.05) is 38.4 Å². The Kier molecular flexibility index (Phi) is 6.72. The molecule has 122 valence electrons. The fraction of sp³-hybridized carbons (Fsp3) is 0.611. The molecule has 0 aromatic heterocycles. The number of unbranched alkanes of at least 4 members (excludes halogenated alkanes) is 1. The summed E-state index contributed by atoms with van der Waals surface area (Å²) in [6.45, 7) is 9.71. The molecule has 1 saturated heterocycles. The number of carbonyl (C=O) groups is 1. The summed E-state index contributed by atoms with van der Waals surface area (Å²) < 4.78 is 5.20. The zero-order chi connectivity index (χ0) is 15.8. The third kappa shape index (κ3) is 5.02. The second kappa shape index (κ2) is 8.79. The Morgan fingerprint density at radius 3 is 2.59 bits per heavy atom. The van der Waals surface area contributed by atoms with Crippen LogP contribution in [0.3, 0.4) is 0 Å². The van der Waals surface area contributed by atoms with Crippen molar-refractivity contribution in [2.75, 3.05) is 44.2 Å². The van der Waals surface area contributed by atoms with Crippen LogP contribution in [0.5, 0.6) is 0 Å². The van der Waals surface area contributed by atoms with Gasteiger partial charge in [0.15, 0.2) is 0 Å². The number of aryl methyl sites for hydroxylation is 1. The van der Waals surface area contributed by atoms with Gasteiger partial charge in [-0.25, -0.2) is 0 Å². The minimum Gasteiger partial charge on any atom is -0.466 e. The number of benzene rings is 1. The molecule has 1 fully saturated rings. The lowest BCUT2D eigenvalue weighted by Gasteiger charge is -2.36. The van der Waals surface area contributed by atoms with Gasteiger partial charge in [0.05, 0.1) is 13.0 Å². The summed E-state index contributed by atoms with van der Waals surface area (Å²) in [4.78, 5) is 16.4. The maximum absolute atomic E-state index is 11.6. The lowest BCUT2D eigenvalue weighted by Crippen LogP contribution is -2.47. The Hall–Kier alpha value is -1.55. The van der Waals surface area contributed by atoms with E-state index in [4.69, 9.17) is 4.74 Å². The van der Waals surface area contributed by atoms with E-state index in [2.05, 4.69) is 47.9 Å². The van der Waals surface area contributed by atoms with E-state index in [1.54, 1.807) is 0 Å². The Balaban J connectivity index is 1.69. The molecule has 4 nitrogen and oxygen atoms in total. The van der Waals surface area contributed by atoms with Crippen LogP contribution in [0.4, 0.5) is 5.69 Å². The van der Waals surface area contributed by atoms with Crippen molar-refractivity contribution < 1.29 is 9.53 Å². The number of esters is 1. The minimum absolute atomic E-state index is 0.0604. The van der Waals surface area contributed by atoms with Crippen molar-refractivity contribution in [3.05, 3.63) is 29.8 Å². The summed E-state index contributed by atoms with van der Waals surface area (Å²) >= 11 is 0. The smallest absolute Gasteiger partial charge is 0.307 e. The number of hydrogen-bond donors (Lipinski definition) is 0. The van der Waals surface area contributed by atoms with Crippen LogP contribution in [0, 0.1) is 6.92 Å². The van der Waals surface area contributed by atoms with E-state index in [0.29, 0.717) is 13.0 Å². The molecule has 1 aliphatic rings.